The second kappa shape index (κ2) is 3.37. The summed E-state index contributed by atoms with van der Waals surface area (Å²) in [5.74, 6) is 0.171. The van der Waals surface area contributed by atoms with Crippen LogP contribution in [0.15, 0.2) is 28.9 Å². The lowest BCUT2D eigenvalue weighted by molar-refractivity contribution is -0.385. The van der Waals surface area contributed by atoms with Gasteiger partial charge in [0, 0.05) is 12.1 Å². The Balaban J connectivity index is 2.35. The molecule has 2 aromatic heterocycles. The molecule has 2 heterocycles. The topological polar surface area (TPSA) is 108 Å². The predicted octanol–water partition coefficient (Wildman–Crippen LogP) is 1.23. The van der Waals surface area contributed by atoms with Gasteiger partial charge in [-0.3, -0.25) is 10.1 Å². The molecule has 0 saturated heterocycles. The molecular weight excluding hydrogens is 200 g/mol. The monoisotopic (exact) mass is 206 g/mol. The van der Waals surface area contributed by atoms with Crippen molar-refractivity contribution in [2.75, 3.05) is 5.73 Å². The molecule has 0 fully saturated rings. The summed E-state index contributed by atoms with van der Waals surface area (Å²) in [6, 6.07) is 4.32. The Bertz CT molecular complexity index is 491. The minimum absolute atomic E-state index is 0.0739. The van der Waals surface area contributed by atoms with Crippen LogP contribution in [0.1, 0.15) is 0 Å². The van der Waals surface area contributed by atoms with E-state index in [9.17, 15) is 10.1 Å². The van der Waals surface area contributed by atoms with Crippen LogP contribution in [0, 0.1) is 10.1 Å². The third-order valence-corrected chi connectivity index (χ3v) is 1.75. The number of anilines is 1. The molecule has 0 aliphatic heterocycles. The van der Waals surface area contributed by atoms with E-state index in [2.05, 4.69) is 14.7 Å². The molecule has 0 aromatic carbocycles. The van der Waals surface area contributed by atoms with Crippen molar-refractivity contribution < 1.29 is 9.45 Å². The van der Waals surface area contributed by atoms with E-state index < -0.39 is 4.92 Å². The molecule has 0 aliphatic rings. The average Bonchev–Trinajstić information content (AvgIpc) is 2.65. The number of hydrogen-bond donors (Lipinski definition) is 1. The largest absolute Gasteiger partial charge is 0.368 e. The summed E-state index contributed by atoms with van der Waals surface area (Å²) in [6.45, 7) is 0. The van der Waals surface area contributed by atoms with Gasteiger partial charge in [-0.1, -0.05) is 5.16 Å². The van der Waals surface area contributed by atoms with Crippen molar-refractivity contribution in [3.05, 3.63) is 34.5 Å². The first-order valence-electron chi connectivity index (χ1n) is 4.00. The Morgan fingerprint density at radius 3 is 2.67 bits per heavy atom. The zero-order valence-corrected chi connectivity index (χ0v) is 7.45. The summed E-state index contributed by atoms with van der Waals surface area (Å²) in [6.07, 6.45) is 1.15. The maximum absolute atomic E-state index is 10.4. The van der Waals surface area contributed by atoms with Crippen molar-refractivity contribution in [2.24, 2.45) is 0 Å². The molecule has 15 heavy (non-hydrogen) atoms. The average molecular weight is 206 g/mol. The van der Waals surface area contributed by atoms with Gasteiger partial charge in [0.25, 0.3) is 5.69 Å². The minimum atomic E-state index is -0.520. The van der Waals surface area contributed by atoms with Gasteiger partial charge in [0.1, 0.15) is 11.9 Å². The molecule has 2 aromatic rings. The van der Waals surface area contributed by atoms with Crippen molar-refractivity contribution in [3.8, 4) is 11.4 Å². The lowest BCUT2D eigenvalue weighted by Gasteiger charge is -1.93. The smallest absolute Gasteiger partial charge is 0.287 e. The normalized spacial score (nSPS) is 10.1. The fraction of sp³-hybridized carbons (Fsp3) is 0. The van der Waals surface area contributed by atoms with E-state index in [1.165, 1.54) is 18.2 Å². The van der Waals surface area contributed by atoms with Gasteiger partial charge >= 0.3 is 0 Å². The molecule has 2 N–H and O–H groups in total. The maximum Gasteiger partial charge on any atom is 0.287 e. The van der Waals surface area contributed by atoms with Crippen LogP contribution in [0.4, 0.5) is 11.6 Å². The molecule has 0 aliphatic carbocycles. The molecule has 76 valence electrons. The second-order valence-corrected chi connectivity index (χ2v) is 2.77. The van der Waals surface area contributed by atoms with Crippen molar-refractivity contribution in [2.45, 2.75) is 0 Å². The van der Waals surface area contributed by atoms with Gasteiger partial charge in [0.15, 0.2) is 0 Å². The molecule has 0 radical (unpaired) electrons. The van der Waals surface area contributed by atoms with E-state index in [1.54, 1.807) is 0 Å². The predicted molar refractivity (Wildman–Crippen MR) is 50.8 cm³/mol. The minimum Gasteiger partial charge on any atom is -0.368 e. The molecule has 7 nitrogen and oxygen atoms in total. The molecule has 7 heteroatoms. The lowest BCUT2D eigenvalue weighted by Crippen LogP contribution is -1.90. The number of aromatic nitrogens is 2. The van der Waals surface area contributed by atoms with Crippen LogP contribution >= 0.6 is 0 Å². The van der Waals surface area contributed by atoms with E-state index in [0.717, 1.165) is 6.20 Å². The number of nitrogens with zero attached hydrogens (tertiary/aromatic N) is 3. The number of nitro groups is 1. The van der Waals surface area contributed by atoms with Gasteiger partial charge in [-0.05, 0) is 6.07 Å². The zero-order valence-electron chi connectivity index (χ0n) is 7.45. The molecule has 0 amide bonds. The molecule has 0 unspecified atom stereocenters. The Labute approximate surface area is 83.7 Å². The van der Waals surface area contributed by atoms with E-state index in [0.29, 0.717) is 11.4 Å². The second-order valence-electron chi connectivity index (χ2n) is 2.77. The third kappa shape index (κ3) is 1.75. The van der Waals surface area contributed by atoms with Crippen molar-refractivity contribution >= 4 is 11.6 Å². The summed E-state index contributed by atoms with van der Waals surface area (Å²) < 4.78 is 4.65. The lowest BCUT2D eigenvalue weighted by atomic mass is 10.2. The zero-order chi connectivity index (χ0) is 10.8. The maximum atomic E-state index is 10.4. The van der Waals surface area contributed by atoms with E-state index in [1.807, 2.05) is 0 Å². The Hall–Kier alpha value is -2.44. The highest BCUT2D eigenvalue weighted by molar-refractivity contribution is 5.57. The van der Waals surface area contributed by atoms with Gasteiger partial charge in [-0.2, -0.15) is 0 Å². The van der Waals surface area contributed by atoms with Crippen LogP contribution in [-0.4, -0.2) is 15.1 Å². The SMILES string of the molecule is Nc1cc(-c2ccc([N+](=O)[O-])cn2)no1. The van der Waals surface area contributed by atoms with Crippen LogP contribution in [0.25, 0.3) is 11.4 Å². The van der Waals surface area contributed by atoms with E-state index in [-0.39, 0.29) is 11.6 Å². The molecule has 0 atom stereocenters. The Morgan fingerprint density at radius 1 is 1.40 bits per heavy atom. The fourth-order valence-corrected chi connectivity index (χ4v) is 1.06. The number of pyridine rings is 1. The first kappa shape index (κ1) is 9.13. The standard InChI is InChI=1S/C8H6N4O3/c9-8-3-7(11-15-8)6-2-1-5(4-10-6)12(13)14/h1-4H,9H2. The summed E-state index contributed by atoms with van der Waals surface area (Å²) in [5.41, 5.74) is 6.17. The molecule has 0 bridgehead atoms. The van der Waals surface area contributed by atoms with Crippen LogP contribution < -0.4 is 5.73 Å². The van der Waals surface area contributed by atoms with Crippen molar-refractivity contribution in [1.82, 2.24) is 10.1 Å². The van der Waals surface area contributed by atoms with Crippen LogP contribution in [0.2, 0.25) is 0 Å². The molecule has 2 rings (SSSR count). The molecule has 0 spiro atoms. The quantitative estimate of drug-likeness (QED) is 0.584. The van der Waals surface area contributed by atoms with Crippen molar-refractivity contribution in [3.63, 3.8) is 0 Å². The van der Waals surface area contributed by atoms with Gasteiger partial charge in [-0.15, -0.1) is 0 Å². The summed E-state index contributed by atoms with van der Waals surface area (Å²) in [4.78, 5) is 13.7. The number of nitrogens with two attached hydrogens (primary N) is 1. The summed E-state index contributed by atoms with van der Waals surface area (Å²) in [7, 11) is 0. The highest BCUT2D eigenvalue weighted by Crippen LogP contribution is 2.19. The highest BCUT2D eigenvalue weighted by Gasteiger charge is 2.09. The van der Waals surface area contributed by atoms with E-state index >= 15 is 0 Å². The highest BCUT2D eigenvalue weighted by atomic mass is 16.6. The van der Waals surface area contributed by atoms with Crippen LogP contribution in [-0.2, 0) is 0 Å². The Kier molecular flexibility index (Phi) is 2.05. The van der Waals surface area contributed by atoms with Gasteiger partial charge in [0.05, 0.1) is 10.6 Å². The number of rotatable bonds is 2. The van der Waals surface area contributed by atoms with Crippen molar-refractivity contribution in [1.29, 1.82) is 0 Å². The number of hydrogen-bond acceptors (Lipinski definition) is 6. The van der Waals surface area contributed by atoms with Crippen LogP contribution in [0.5, 0.6) is 0 Å². The summed E-state index contributed by atoms with van der Waals surface area (Å²) in [5, 5.41) is 14.0. The van der Waals surface area contributed by atoms with E-state index in [4.69, 9.17) is 5.73 Å². The molecular formula is C8H6N4O3. The Morgan fingerprint density at radius 2 is 2.20 bits per heavy atom. The first-order chi connectivity index (χ1) is 7.16. The van der Waals surface area contributed by atoms with Gasteiger partial charge in [0.2, 0.25) is 5.88 Å². The number of nitrogen functional groups attached to an aromatic ring is 1. The summed E-state index contributed by atoms with van der Waals surface area (Å²) >= 11 is 0. The third-order valence-electron chi connectivity index (χ3n) is 1.75. The van der Waals surface area contributed by atoms with Gasteiger partial charge < -0.3 is 10.3 Å². The molecule has 0 saturated carbocycles. The fourth-order valence-electron chi connectivity index (χ4n) is 1.06. The first-order valence-corrected chi connectivity index (χ1v) is 4.00. The van der Waals surface area contributed by atoms with Gasteiger partial charge in [-0.25, -0.2) is 4.98 Å². The van der Waals surface area contributed by atoms with Crippen LogP contribution in [0.3, 0.4) is 0 Å².